The lowest BCUT2D eigenvalue weighted by atomic mass is 10.0. The van der Waals surface area contributed by atoms with E-state index in [0.29, 0.717) is 26.3 Å². The average Bonchev–Trinajstić information content (AvgIpc) is 3.03. The average molecular weight is 354 g/mol. The Labute approximate surface area is 150 Å². The predicted octanol–water partition coefficient (Wildman–Crippen LogP) is 3.06. The molecule has 0 bridgehead atoms. The maximum atomic E-state index is 13.2. The molecular formula is C19H20N2O3Si. The number of hydrogen-bond acceptors (Lipinski definition) is 4. The van der Waals surface area contributed by atoms with Crippen LogP contribution in [0.1, 0.15) is 38.1 Å². The molecule has 0 aliphatic rings. The molecule has 0 amide bonds. The first kappa shape index (κ1) is 15.9. The molecule has 2 aromatic heterocycles. The van der Waals surface area contributed by atoms with Gasteiger partial charge in [-0.1, -0.05) is 30.6 Å². The Hall–Kier alpha value is -2.60. The summed E-state index contributed by atoms with van der Waals surface area (Å²) in [6.07, 6.45) is 3.39. The fraction of sp³-hybridized carbons (Fsp3) is 0.263. The number of ketones is 1. The minimum atomic E-state index is -0.319. The van der Waals surface area contributed by atoms with Gasteiger partial charge in [-0.15, -0.1) is 0 Å². The number of rotatable bonds is 6. The number of phenols is 1. The van der Waals surface area contributed by atoms with Gasteiger partial charge in [0.2, 0.25) is 0 Å². The fourth-order valence-electron chi connectivity index (χ4n) is 2.75. The molecule has 0 spiro atoms. The number of H-pyrrole nitrogens is 1. The Morgan fingerprint density at radius 2 is 2.24 bits per heavy atom. The molecule has 6 heteroatoms. The van der Waals surface area contributed by atoms with Crippen molar-refractivity contribution in [2.24, 2.45) is 0 Å². The molecular weight excluding hydrogens is 332 g/mol. The van der Waals surface area contributed by atoms with Crippen molar-refractivity contribution in [1.29, 1.82) is 0 Å². The summed E-state index contributed by atoms with van der Waals surface area (Å²) in [5, 5.41) is 12.0. The lowest BCUT2D eigenvalue weighted by molar-refractivity contribution is 0.103. The van der Waals surface area contributed by atoms with Gasteiger partial charge >= 0.3 is 0 Å². The van der Waals surface area contributed by atoms with Crippen molar-refractivity contribution in [1.82, 2.24) is 9.97 Å². The molecule has 5 nitrogen and oxygen atoms in total. The van der Waals surface area contributed by atoms with Crippen molar-refractivity contribution >= 4 is 31.5 Å². The molecule has 0 saturated carbocycles. The Morgan fingerprint density at radius 3 is 2.96 bits per heavy atom. The molecule has 2 radical (unpaired) electrons. The summed E-state index contributed by atoms with van der Waals surface area (Å²) in [4.78, 5) is 20.6. The lowest BCUT2D eigenvalue weighted by Crippen LogP contribution is -2.19. The minimum absolute atomic E-state index is 0.0519. The van der Waals surface area contributed by atoms with Crippen LogP contribution < -0.4 is 9.92 Å². The van der Waals surface area contributed by atoms with Gasteiger partial charge in [0, 0.05) is 23.3 Å². The van der Waals surface area contributed by atoms with E-state index >= 15 is 0 Å². The zero-order chi connectivity index (χ0) is 18.8. The summed E-state index contributed by atoms with van der Waals surface area (Å²) < 4.78 is 13.2. The highest BCUT2D eigenvalue weighted by molar-refractivity contribution is 6.58. The number of hydrogen-bond donors (Lipinski definition) is 2. The largest absolute Gasteiger partial charge is 0.504 e. The molecule has 3 rings (SSSR count). The number of ether oxygens (including phenoxy) is 1. The molecule has 0 fully saturated rings. The van der Waals surface area contributed by atoms with Gasteiger partial charge in [0.25, 0.3) is 0 Å². The zero-order valence-corrected chi connectivity index (χ0v) is 15.4. The highest BCUT2D eigenvalue weighted by atomic mass is 28.2. The number of aromatic amines is 1. The maximum absolute atomic E-state index is 13.2. The zero-order valence-electron chi connectivity index (χ0n) is 15.4. The molecule has 0 aliphatic carbocycles. The molecule has 0 atom stereocenters. The monoisotopic (exact) mass is 354 g/mol. The van der Waals surface area contributed by atoms with E-state index in [1.807, 2.05) is 6.07 Å². The first-order chi connectivity index (χ1) is 12.4. The number of para-hydroxylation sites is 1. The number of phenolic OH excluding ortho intramolecular Hbond substituents is 1. The first-order valence-electron chi connectivity index (χ1n) is 8.66. The molecule has 0 aliphatic heterocycles. The molecule has 1 aromatic carbocycles. The highest BCUT2D eigenvalue weighted by Gasteiger charge is 2.22. The molecule has 0 saturated heterocycles. The number of pyridine rings is 1. The van der Waals surface area contributed by atoms with Crippen LogP contribution in [-0.4, -0.2) is 37.0 Å². The number of aromatic nitrogens is 2. The summed E-state index contributed by atoms with van der Waals surface area (Å²) in [7, 11) is 0.549. The third-order valence-electron chi connectivity index (χ3n) is 3.73. The van der Waals surface area contributed by atoms with Crippen LogP contribution in [0.2, 0.25) is 5.54 Å². The molecule has 128 valence electrons. The van der Waals surface area contributed by atoms with E-state index in [2.05, 4.69) is 23.8 Å². The number of carbonyl (C=O) groups excluding carboxylic acids is 1. The van der Waals surface area contributed by atoms with Gasteiger partial charge in [-0.2, -0.15) is 0 Å². The van der Waals surface area contributed by atoms with Crippen LogP contribution >= 0.6 is 0 Å². The van der Waals surface area contributed by atoms with E-state index in [-0.39, 0.29) is 35.5 Å². The first-order valence-corrected chi connectivity index (χ1v) is 9.24. The van der Waals surface area contributed by atoms with Crippen molar-refractivity contribution in [3.8, 4) is 11.5 Å². The van der Waals surface area contributed by atoms with E-state index < -0.39 is 0 Å². The van der Waals surface area contributed by atoms with Crippen molar-refractivity contribution in [2.45, 2.75) is 26.3 Å². The summed E-state index contributed by atoms with van der Waals surface area (Å²) in [5.74, 6) is -0.533. The summed E-state index contributed by atoms with van der Waals surface area (Å²) >= 11 is 0. The van der Waals surface area contributed by atoms with Gasteiger partial charge in [0.15, 0.2) is 17.3 Å². The second kappa shape index (κ2) is 7.10. The SMILES string of the molecule is [3H]c1ccc(C(=O)c2c[nH]c3nccc([Si]C(C)C)c23)c(OCC)c1O. The van der Waals surface area contributed by atoms with Gasteiger partial charge < -0.3 is 14.8 Å². The molecule has 25 heavy (non-hydrogen) atoms. The Kier molecular flexibility index (Phi) is 4.52. The standard InChI is InChI=1S/C19H20N2O3Si/c1-4-24-18-12(6-5-7-14(18)22)17(23)13-10-21-19-16(13)15(8-9-20-19)25-11(2)3/h5-11,22H,4H2,1-3H3,(H,20,21)/i7T. The number of benzene rings is 1. The second-order valence-corrected chi connectivity index (χ2v) is 7.90. The van der Waals surface area contributed by atoms with E-state index in [4.69, 9.17) is 6.11 Å². The highest BCUT2D eigenvalue weighted by Crippen LogP contribution is 2.32. The van der Waals surface area contributed by atoms with Crippen molar-refractivity contribution in [2.75, 3.05) is 6.61 Å². The van der Waals surface area contributed by atoms with Crippen molar-refractivity contribution in [3.63, 3.8) is 0 Å². The van der Waals surface area contributed by atoms with Gasteiger partial charge in [-0.25, -0.2) is 4.98 Å². The van der Waals surface area contributed by atoms with Crippen LogP contribution in [0.4, 0.5) is 0 Å². The number of nitrogens with zero attached hydrogens (tertiary/aromatic N) is 1. The Balaban J connectivity index is 2.16. The third-order valence-corrected chi connectivity index (χ3v) is 5.03. The molecule has 0 unspecified atom stereocenters. The van der Waals surface area contributed by atoms with E-state index in [0.717, 1.165) is 10.6 Å². The van der Waals surface area contributed by atoms with Crippen LogP contribution in [0.25, 0.3) is 11.0 Å². The summed E-state index contributed by atoms with van der Waals surface area (Å²) in [5.41, 5.74) is 1.86. The van der Waals surface area contributed by atoms with E-state index in [9.17, 15) is 9.90 Å². The third kappa shape index (κ3) is 3.30. The molecule has 2 N–H and O–H groups in total. The van der Waals surface area contributed by atoms with Crippen LogP contribution in [0.15, 0.2) is 36.6 Å². The quantitative estimate of drug-likeness (QED) is 0.527. The van der Waals surface area contributed by atoms with Gasteiger partial charge in [-0.05, 0) is 25.1 Å². The fourth-order valence-corrected chi connectivity index (χ4v) is 3.94. The topological polar surface area (TPSA) is 75.2 Å². The van der Waals surface area contributed by atoms with Crippen LogP contribution in [0.3, 0.4) is 0 Å². The summed E-state index contributed by atoms with van der Waals surface area (Å²) in [6, 6.07) is 4.79. The number of aromatic hydroxyl groups is 1. The number of fused-ring (bicyclic) bond motifs is 1. The van der Waals surface area contributed by atoms with Crippen LogP contribution in [-0.2, 0) is 0 Å². The normalized spacial score (nSPS) is 11.8. The minimum Gasteiger partial charge on any atom is -0.504 e. The lowest BCUT2D eigenvalue weighted by Gasteiger charge is -2.11. The van der Waals surface area contributed by atoms with Crippen molar-refractivity contribution in [3.05, 3.63) is 47.8 Å². The van der Waals surface area contributed by atoms with Gasteiger partial charge in [0.1, 0.15) is 5.65 Å². The van der Waals surface area contributed by atoms with Crippen LogP contribution in [0.5, 0.6) is 11.5 Å². The molecule has 2 heterocycles. The maximum Gasteiger partial charge on any atom is 0.199 e. The van der Waals surface area contributed by atoms with Crippen LogP contribution in [0, 0.1) is 0 Å². The second-order valence-electron chi connectivity index (χ2n) is 5.91. The number of carbonyl (C=O) groups is 1. The Morgan fingerprint density at radius 1 is 1.44 bits per heavy atom. The summed E-state index contributed by atoms with van der Waals surface area (Å²) in [6.45, 7) is 6.32. The smallest absolute Gasteiger partial charge is 0.199 e. The predicted molar refractivity (Wildman–Crippen MR) is 99.3 cm³/mol. The number of nitrogens with one attached hydrogen (secondary N) is 1. The van der Waals surface area contributed by atoms with E-state index in [1.165, 1.54) is 12.1 Å². The molecule has 3 aromatic rings. The van der Waals surface area contributed by atoms with Gasteiger partial charge in [0.05, 0.1) is 23.1 Å². The van der Waals surface area contributed by atoms with Crippen molar-refractivity contribution < 1.29 is 16.0 Å². The van der Waals surface area contributed by atoms with E-state index in [1.54, 1.807) is 19.3 Å². The Bertz CT molecular complexity index is 969. The van der Waals surface area contributed by atoms with Gasteiger partial charge in [-0.3, -0.25) is 4.79 Å².